The van der Waals surface area contributed by atoms with Crippen LogP contribution in [0.25, 0.3) is 0 Å². The van der Waals surface area contributed by atoms with Crippen molar-refractivity contribution >= 4 is 23.2 Å². The number of hydrogen-bond acceptors (Lipinski definition) is 5. The number of halogens is 1. The average molecular weight is 272 g/mol. The van der Waals surface area contributed by atoms with Crippen LogP contribution in [0.15, 0.2) is 30.5 Å². The van der Waals surface area contributed by atoms with Crippen molar-refractivity contribution < 1.29 is 14.3 Å². The summed E-state index contributed by atoms with van der Waals surface area (Å²) in [7, 11) is 0. The summed E-state index contributed by atoms with van der Waals surface area (Å²) >= 11 is 0. The first-order valence-electron chi connectivity index (χ1n) is 5.47. The number of hydrogen-bond donors (Lipinski definition) is 3. The second-order valence-corrected chi connectivity index (χ2v) is 3.87. The zero-order valence-corrected chi connectivity index (χ0v) is 10.1. The molecular weight excluding hydrogens is 263 g/mol. The third-order valence-corrected chi connectivity index (χ3v) is 2.52. The Bertz CT molecular complexity index is 725. The van der Waals surface area contributed by atoms with Gasteiger partial charge in [0, 0.05) is 0 Å². The van der Waals surface area contributed by atoms with Gasteiger partial charge >= 0.3 is 5.97 Å². The van der Waals surface area contributed by atoms with Crippen LogP contribution >= 0.6 is 0 Å². The van der Waals surface area contributed by atoms with Crippen molar-refractivity contribution in [3.05, 3.63) is 47.4 Å². The van der Waals surface area contributed by atoms with E-state index in [-0.39, 0.29) is 28.3 Å². The Morgan fingerprint density at radius 1 is 1.50 bits per heavy atom. The highest BCUT2D eigenvalue weighted by Gasteiger charge is 2.15. The molecule has 0 aliphatic heterocycles. The smallest absolute Gasteiger partial charge is 0.339 e. The van der Waals surface area contributed by atoms with E-state index in [9.17, 15) is 9.18 Å². The highest BCUT2D eigenvalue weighted by atomic mass is 19.1. The zero-order valence-electron chi connectivity index (χ0n) is 10.1. The van der Waals surface area contributed by atoms with Crippen LogP contribution in [-0.2, 0) is 0 Å². The van der Waals surface area contributed by atoms with Gasteiger partial charge in [0.15, 0.2) is 0 Å². The van der Waals surface area contributed by atoms with E-state index in [1.54, 1.807) is 6.07 Å². The molecule has 6 nitrogen and oxygen atoms in total. The second-order valence-electron chi connectivity index (χ2n) is 3.87. The van der Waals surface area contributed by atoms with E-state index in [1.807, 2.05) is 0 Å². The first-order chi connectivity index (χ1) is 9.52. The van der Waals surface area contributed by atoms with Crippen molar-refractivity contribution in [2.24, 2.45) is 0 Å². The molecule has 0 spiro atoms. The van der Waals surface area contributed by atoms with E-state index in [2.05, 4.69) is 10.3 Å². The van der Waals surface area contributed by atoms with Crippen LogP contribution in [0.2, 0.25) is 0 Å². The van der Waals surface area contributed by atoms with Crippen LogP contribution in [0.1, 0.15) is 15.9 Å². The Hall–Kier alpha value is -3.14. The van der Waals surface area contributed by atoms with E-state index in [0.29, 0.717) is 0 Å². The van der Waals surface area contributed by atoms with Gasteiger partial charge in [-0.2, -0.15) is 5.26 Å². The SMILES string of the molecule is N#Cc1c(F)cccc1Nc1ncc(N)cc1C(=O)O. The van der Waals surface area contributed by atoms with Gasteiger partial charge in [-0.1, -0.05) is 6.07 Å². The lowest BCUT2D eigenvalue weighted by atomic mass is 10.1. The maximum absolute atomic E-state index is 13.5. The molecule has 4 N–H and O–H groups in total. The topological polar surface area (TPSA) is 112 Å². The molecule has 0 saturated carbocycles. The Kier molecular flexibility index (Phi) is 3.48. The summed E-state index contributed by atoms with van der Waals surface area (Å²) in [5, 5.41) is 20.6. The summed E-state index contributed by atoms with van der Waals surface area (Å²) < 4.78 is 13.5. The number of carbonyl (C=O) groups is 1. The van der Waals surface area contributed by atoms with Gasteiger partial charge in [-0.3, -0.25) is 0 Å². The molecule has 1 aromatic carbocycles. The van der Waals surface area contributed by atoms with Crippen molar-refractivity contribution in [2.75, 3.05) is 11.1 Å². The van der Waals surface area contributed by atoms with Gasteiger partial charge in [0.2, 0.25) is 0 Å². The summed E-state index contributed by atoms with van der Waals surface area (Å²) in [6, 6.07) is 6.92. The maximum Gasteiger partial charge on any atom is 0.339 e. The minimum atomic E-state index is -1.23. The fourth-order valence-corrected chi connectivity index (χ4v) is 1.61. The van der Waals surface area contributed by atoms with Crippen LogP contribution in [-0.4, -0.2) is 16.1 Å². The van der Waals surface area contributed by atoms with Gasteiger partial charge < -0.3 is 16.2 Å². The molecule has 0 amide bonds. The first kappa shape index (κ1) is 13.3. The van der Waals surface area contributed by atoms with Crippen LogP contribution in [0.5, 0.6) is 0 Å². The number of anilines is 3. The van der Waals surface area contributed by atoms with Crippen molar-refractivity contribution in [3.8, 4) is 6.07 Å². The molecule has 20 heavy (non-hydrogen) atoms. The van der Waals surface area contributed by atoms with Crippen molar-refractivity contribution in [2.45, 2.75) is 0 Å². The van der Waals surface area contributed by atoms with E-state index >= 15 is 0 Å². The number of rotatable bonds is 3. The van der Waals surface area contributed by atoms with E-state index in [0.717, 1.165) is 6.07 Å². The molecule has 0 saturated heterocycles. The fraction of sp³-hybridized carbons (Fsp3) is 0. The van der Waals surface area contributed by atoms with Crippen LogP contribution in [0, 0.1) is 17.1 Å². The molecule has 7 heteroatoms. The van der Waals surface area contributed by atoms with E-state index in [1.165, 1.54) is 24.4 Å². The zero-order chi connectivity index (χ0) is 14.7. The maximum atomic E-state index is 13.5. The largest absolute Gasteiger partial charge is 0.478 e. The molecule has 2 rings (SSSR count). The number of benzene rings is 1. The van der Waals surface area contributed by atoms with Gasteiger partial charge in [0.05, 0.1) is 17.6 Å². The molecule has 0 unspecified atom stereocenters. The Morgan fingerprint density at radius 3 is 2.90 bits per heavy atom. The molecule has 100 valence electrons. The average Bonchev–Trinajstić information content (AvgIpc) is 2.41. The number of aromatic nitrogens is 1. The number of carboxylic acid groups (broad SMARTS) is 1. The number of nitriles is 1. The Labute approximate surface area is 113 Å². The minimum Gasteiger partial charge on any atom is -0.478 e. The number of nitrogen functional groups attached to an aromatic ring is 1. The number of carboxylic acids is 1. The summed E-state index contributed by atoms with van der Waals surface area (Å²) in [6.45, 7) is 0. The van der Waals surface area contributed by atoms with Crippen molar-refractivity contribution in [1.82, 2.24) is 4.98 Å². The summed E-state index contributed by atoms with van der Waals surface area (Å²) in [5.74, 6) is -1.96. The molecule has 0 aliphatic rings. The molecule has 1 aromatic heterocycles. The predicted molar refractivity (Wildman–Crippen MR) is 70.0 cm³/mol. The lowest BCUT2D eigenvalue weighted by Crippen LogP contribution is -2.07. The normalized spacial score (nSPS) is 9.80. The lowest BCUT2D eigenvalue weighted by molar-refractivity contribution is 0.0697. The summed E-state index contributed by atoms with van der Waals surface area (Å²) in [5.41, 5.74) is 5.40. The standard InChI is InChI=1S/C13H9FN4O2/c14-10-2-1-3-11(9(10)5-15)18-12-8(13(19)20)4-7(16)6-17-12/h1-4,6H,16H2,(H,17,18)(H,19,20). The molecule has 0 bridgehead atoms. The molecule has 0 aliphatic carbocycles. The van der Waals surface area contributed by atoms with Crippen LogP contribution < -0.4 is 11.1 Å². The van der Waals surface area contributed by atoms with Gasteiger partial charge in [0.1, 0.15) is 28.8 Å². The highest BCUT2D eigenvalue weighted by Crippen LogP contribution is 2.24. The molecule has 0 atom stereocenters. The van der Waals surface area contributed by atoms with Gasteiger partial charge in [-0.05, 0) is 18.2 Å². The monoisotopic (exact) mass is 272 g/mol. The fourth-order valence-electron chi connectivity index (χ4n) is 1.61. The first-order valence-corrected chi connectivity index (χ1v) is 5.47. The molecule has 0 radical (unpaired) electrons. The molecule has 2 aromatic rings. The van der Waals surface area contributed by atoms with Gasteiger partial charge in [-0.25, -0.2) is 14.2 Å². The third-order valence-electron chi connectivity index (χ3n) is 2.52. The summed E-state index contributed by atoms with van der Waals surface area (Å²) in [4.78, 5) is 15.0. The van der Waals surface area contributed by atoms with E-state index < -0.39 is 11.8 Å². The number of nitrogens with one attached hydrogen (secondary N) is 1. The second kappa shape index (κ2) is 5.24. The highest BCUT2D eigenvalue weighted by molar-refractivity contribution is 5.95. The van der Waals surface area contributed by atoms with Crippen molar-refractivity contribution in [3.63, 3.8) is 0 Å². The minimum absolute atomic E-state index is 0.0196. The molecular formula is C13H9FN4O2. The number of nitrogens with zero attached hydrogens (tertiary/aromatic N) is 2. The Morgan fingerprint density at radius 2 is 2.25 bits per heavy atom. The summed E-state index contributed by atoms with van der Waals surface area (Å²) in [6.07, 6.45) is 1.26. The Balaban J connectivity index is 2.49. The van der Waals surface area contributed by atoms with Gasteiger partial charge in [-0.15, -0.1) is 0 Å². The lowest BCUT2D eigenvalue weighted by Gasteiger charge is -2.10. The number of aromatic carboxylic acids is 1. The number of pyridine rings is 1. The molecule has 1 heterocycles. The van der Waals surface area contributed by atoms with Gasteiger partial charge in [0.25, 0.3) is 0 Å². The van der Waals surface area contributed by atoms with Crippen molar-refractivity contribution in [1.29, 1.82) is 5.26 Å². The molecule has 0 fully saturated rings. The number of nitrogens with two attached hydrogens (primary N) is 1. The van der Waals surface area contributed by atoms with Crippen LogP contribution in [0.4, 0.5) is 21.6 Å². The predicted octanol–water partition coefficient (Wildman–Crippen LogP) is 2.12. The van der Waals surface area contributed by atoms with E-state index in [4.69, 9.17) is 16.1 Å². The quantitative estimate of drug-likeness (QED) is 0.788. The third kappa shape index (κ3) is 2.49. The van der Waals surface area contributed by atoms with Crippen LogP contribution in [0.3, 0.4) is 0 Å².